The molecule has 0 bridgehead atoms. The summed E-state index contributed by atoms with van der Waals surface area (Å²) in [6.45, 7) is 5.73. The third-order valence-corrected chi connectivity index (χ3v) is 5.21. The van der Waals surface area contributed by atoms with Gasteiger partial charge in [-0.05, 0) is 25.2 Å². The van der Waals surface area contributed by atoms with Gasteiger partial charge in [-0.3, -0.25) is 9.79 Å². The predicted molar refractivity (Wildman–Crippen MR) is 90.4 cm³/mol. The van der Waals surface area contributed by atoms with Gasteiger partial charge in [0.2, 0.25) is 5.91 Å². The van der Waals surface area contributed by atoms with Crippen LogP contribution in [0.3, 0.4) is 0 Å². The average molecular weight is 322 g/mol. The molecule has 23 heavy (non-hydrogen) atoms. The lowest BCUT2D eigenvalue weighted by atomic mass is 9.95. The van der Waals surface area contributed by atoms with Gasteiger partial charge in [0, 0.05) is 45.7 Å². The van der Waals surface area contributed by atoms with E-state index in [1.54, 1.807) is 0 Å². The molecule has 2 heterocycles. The Balaban J connectivity index is 1.41. The molecule has 3 rings (SSSR count). The summed E-state index contributed by atoms with van der Waals surface area (Å²) in [5.41, 5.74) is 0. The molecule has 1 amide bonds. The van der Waals surface area contributed by atoms with Crippen molar-refractivity contribution >= 4 is 11.9 Å². The van der Waals surface area contributed by atoms with E-state index in [9.17, 15) is 4.79 Å². The summed E-state index contributed by atoms with van der Waals surface area (Å²) < 4.78 is 5.33. The van der Waals surface area contributed by atoms with Crippen LogP contribution in [0, 0.1) is 11.8 Å². The normalized spacial score (nSPS) is 24.0. The molecule has 0 spiro atoms. The highest BCUT2D eigenvalue weighted by atomic mass is 16.5. The van der Waals surface area contributed by atoms with Crippen molar-refractivity contribution in [3.05, 3.63) is 0 Å². The van der Waals surface area contributed by atoms with Crippen molar-refractivity contribution < 1.29 is 9.53 Å². The number of guanidine groups is 1. The fraction of sp³-hybridized carbons (Fsp3) is 0.882. The van der Waals surface area contributed by atoms with E-state index in [4.69, 9.17) is 4.74 Å². The van der Waals surface area contributed by atoms with Gasteiger partial charge in [-0.1, -0.05) is 12.8 Å². The van der Waals surface area contributed by atoms with E-state index in [1.807, 2.05) is 11.9 Å². The summed E-state index contributed by atoms with van der Waals surface area (Å²) in [6.07, 6.45) is 5.91. The molecule has 6 nitrogen and oxygen atoms in total. The van der Waals surface area contributed by atoms with Crippen molar-refractivity contribution in [2.75, 3.05) is 53.0 Å². The van der Waals surface area contributed by atoms with E-state index in [0.29, 0.717) is 19.1 Å². The minimum atomic E-state index is 0.175. The van der Waals surface area contributed by atoms with Crippen LogP contribution in [0.4, 0.5) is 0 Å². The number of aliphatic imine (C=N–C) groups is 1. The fourth-order valence-corrected chi connectivity index (χ4v) is 3.51. The minimum absolute atomic E-state index is 0.175. The van der Waals surface area contributed by atoms with Crippen LogP contribution in [0.25, 0.3) is 0 Å². The van der Waals surface area contributed by atoms with E-state index >= 15 is 0 Å². The Hall–Kier alpha value is -1.30. The molecule has 0 unspecified atom stereocenters. The van der Waals surface area contributed by atoms with Crippen molar-refractivity contribution in [2.24, 2.45) is 16.8 Å². The zero-order valence-corrected chi connectivity index (χ0v) is 14.3. The second-order valence-corrected chi connectivity index (χ2v) is 6.91. The van der Waals surface area contributed by atoms with Gasteiger partial charge >= 0.3 is 0 Å². The quantitative estimate of drug-likeness (QED) is 0.618. The fourth-order valence-electron chi connectivity index (χ4n) is 3.51. The van der Waals surface area contributed by atoms with Gasteiger partial charge in [0.05, 0.1) is 13.2 Å². The molecule has 0 aromatic rings. The molecular formula is C17H30N4O2. The standard InChI is InChI=1S/C17H30N4O2/c1-18-17(19-7-4-14-2-3-14)21-8-5-15(6-9-21)16(22)20-10-12-23-13-11-20/h14-15H,2-13H2,1H3,(H,18,19). The molecule has 1 N–H and O–H groups in total. The Bertz CT molecular complexity index is 422. The summed E-state index contributed by atoms with van der Waals surface area (Å²) in [6, 6.07) is 0. The third-order valence-electron chi connectivity index (χ3n) is 5.21. The molecule has 3 aliphatic rings. The largest absolute Gasteiger partial charge is 0.378 e. The van der Waals surface area contributed by atoms with Crippen LogP contribution in [0.2, 0.25) is 0 Å². The monoisotopic (exact) mass is 322 g/mol. The van der Waals surface area contributed by atoms with Crippen molar-refractivity contribution in [3.8, 4) is 0 Å². The number of nitrogens with zero attached hydrogens (tertiary/aromatic N) is 3. The summed E-state index contributed by atoms with van der Waals surface area (Å²) in [5.74, 6) is 2.44. The number of nitrogens with one attached hydrogen (secondary N) is 1. The van der Waals surface area contributed by atoms with Gasteiger partial charge in [0.25, 0.3) is 0 Å². The molecule has 2 saturated heterocycles. The van der Waals surface area contributed by atoms with Gasteiger partial charge in [0.15, 0.2) is 5.96 Å². The Kier molecular flexibility index (Phi) is 5.75. The summed E-state index contributed by atoms with van der Waals surface area (Å²) >= 11 is 0. The smallest absolute Gasteiger partial charge is 0.225 e. The van der Waals surface area contributed by atoms with E-state index in [-0.39, 0.29) is 5.92 Å². The molecule has 2 aliphatic heterocycles. The molecule has 6 heteroatoms. The highest BCUT2D eigenvalue weighted by Gasteiger charge is 2.30. The van der Waals surface area contributed by atoms with E-state index < -0.39 is 0 Å². The molecule has 0 aromatic heterocycles. The zero-order chi connectivity index (χ0) is 16.1. The lowest BCUT2D eigenvalue weighted by molar-refractivity contribution is -0.140. The average Bonchev–Trinajstić information content (AvgIpc) is 3.43. The SMILES string of the molecule is CN=C(NCCC1CC1)N1CCC(C(=O)N2CCOCC2)CC1. The van der Waals surface area contributed by atoms with Crippen molar-refractivity contribution in [3.63, 3.8) is 0 Å². The highest BCUT2D eigenvalue weighted by molar-refractivity contribution is 5.81. The Morgan fingerprint density at radius 2 is 1.78 bits per heavy atom. The first-order valence-electron chi connectivity index (χ1n) is 9.10. The first-order valence-corrected chi connectivity index (χ1v) is 9.10. The maximum atomic E-state index is 12.6. The topological polar surface area (TPSA) is 57.2 Å². The first-order chi connectivity index (χ1) is 11.3. The Labute approximate surface area is 139 Å². The Morgan fingerprint density at radius 3 is 2.39 bits per heavy atom. The number of morpholine rings is 1. The molecule has 0 atom stereocenters. The van der Waals surface area contributed by atoms with Crippen molar-refractivity contribution in [1.29, 1.82) is 0 Å². The number of carbonyl (C=O) groups is 1. The lowest BCUT2D eigenvalue weighted by Gasteiger charge is -2.36. The van der Waals surface area contributed by atoms with Crippen LogP contribution in [0.5, 0.6) is 0 Å². The summed E-state index contributed by atoms with van der Waals surface area (Å²) in [5, 5.41) is 3.48. The minimum Gasteiger partial charge on any atom is -0.378 e. The van der Waals surface area contributed by atoms with Crippen LogP contribution in [-0.4, -0.2) is 74.7 Å². The maximum absolute atomic E-state index is 12.6. The highest BCUT2D eigenvalue weighted by Crippen LogP contribution is 2.31. The van der Waals surface area contributed by atoms with Crippen LogP contribution in [0.15, 0.2) is 4.99 Å². The van der Waals surface area contributed by atoms with Gasteiger partial charge in [-0.2, -0.15) is 0 Å². The molecule has 0 aromatic carbocycles. The molecule has 0 radical (unpaired) electrons. The second kappa shape index (κ2) is 7.99. The molecule has 1 saturated carbocycles. The van der Waals surface area contributed by atoms with Crippen molar-refractivity contribution in [1.82, 2.24) is 15.1 Å². The van der Waals surface area contributed by atoms with Crippen molar-refractivity contribution in [2.45, 2.75) is 32.1 Å². The van der Waals surface area contributed by atoms with E-state index in [2.05, 4.69) is 15.2 Å². The van der Waals surface area contributed by atoms with E-state index in [1.165, 1.54) is 19.3 Å². The zero-order valence-electron chi connectivity index (χ0n) is 14.3. The van der Waals surface area contributed by atoms with Crippen LogP contribution < -0.4 is 5.32 Å². The number of amides is 1. The maximum Gasteiger partial charge on any atom is 0.225 e. The number of hydrogen-bond acceptors (Lipinski definition) is 3. The summed E-state index contributed by atoms with van der Waals surface area (Å²) in [4.78, 5) is 21.2. The number of carbonyl (C=O) groups excluding carboxylic acids is 1. The lowest BCUT2D eigenvalue weighted by Crippen LogP contribution is -2.50. The van der Waals surface area contributed by atoms with Gasteiger partial charge in [-0.15, -0.1) is 0 Å². The van der Waals surface area contributed by atoms with Gasteiger partial charge < -0.3 is 19.9 Å². The Morgan fingerprint density at radius 1 is 1.09 bits per heavy atom. The number of ether oxygens (including phenoxy) is 1. The van der Waals surface area contributed by atoms with Crippen LogP contribution in [0.1, 0.15) is 32.1 Å². The van der Waals surface area contributed by atoms with E-state index in [0.717, 1.165) is 57.4 Å². The number of likely N-dealkylation sites (tertiary alicyclic amines) is 1. The number of rotatable bonds is 4. The summed E-state index contributed by atoms with van der Waals surface area (Å²) in [7, 11) is 1.85. The predicted octanol–water partition coefficient (Wildman–Crippen LogP) is 0.933. The van der Waals surface area contributed by atoms with Gasteiger partial charge in [-0.25, -0.2) is 0 Å². The first kappa shape index (κ1) is 16.6. The van der Waals surface area contributed by atoms with Crippen LogP contribution in [-0.2, 0) is 9.53 Å². The molecule has 1 aliphatic carbocycles. The second-order valence-electron chi connectivity index (χ2n) is 6.91. The van der Waals surface area contributed by atoms with Crippen LogP contribution >= 0.6 is 0 Å². The molecule has 3 fully saturated rings. The third kappa shape index (κ3) is 4.59. The molecule has 130 valence electrons. The number of hydrogen-bond donors (Lipinski definition) is 1. The van der Waals surface area contributed by atoms with Gasteiger partial charge in [0.1, 0.15) is 0 Å². The number of piperidine rings is 1. The molecular weight excluding hydrogens is 292 g/mol.